The molecule has 1 aromatic heterocycles. The highest BCUT2D eigenvalue weighted by Gasteiger charge is 2.35. The first kappa shape index (κ1) is 16.2. The average Bonchev–Trinajstić information content (AvgIpc) is 3.29. The number of hydrogen-bond acceptors (Lipinski definition) is 5. The highest BCUT2D eigenvalue weighted by atomic mass is 32.1. The van der Waals surface area contributed by atoms with E-state index in [-0.39, 0.29) is 17.7 Å². The minimum atomic E-state index is 0.0187. The van der Waals surface area contributed by atoms with Crippen LogP contribution < -0.4 is 10.2 Å². The van der Waals surface area contributed by atoms with Gasteiger partial charge >= 0.3 is 0 Å². The maximum absolute atomic E-state index is 12.3. The maximum atomic E-state index is 12.3. The van der Waals surface area contributed by atoms with Crippen molar-refractivity contribution >= 4 is 28.3 Å². The van der Waals surface area contributed by atoms with Crippen LogP contribution in [-0.4, -0.2) is 48.9 Å². The molecule has 1 aromatic rings. The summed E-state index contributed by atoms with van der Waals surface area (Å²) in [6.45, 7) is 1.91. The standard InChI is InChI=1S/C16H24N4O2S/c1-19(2)16-18-13(10-23-16)9-17-14(21)11-5-7-20(8-6-11)15(22)12-3-4-12/h10-12H,3-9H2,1-2H3,(H,17,21). The lowest BCUT2D eigenvalue weighted by Gasteiger charge is -2.31. The van der Waals surface area contributed by atoms with Crippen LogP contribution in [0.3, 0.4) is 0 Å². The zero-order chi connectivity index (χ0) is 16.4. The number of piperidine rings is 1. The smallest absolute Gasteiger partial charge is 0.225 e. The van der Waals surface area contributed by atoms with Gasteiger partial charge in [0, 0.05) is 44.4 Å². The van der Waals surface area contributed by atoms with Crippen molar-refractivity contribution in [3.05, 3.63) is 11.1 Å². The number of likely N-dealkylation sites (tertiary alicyclic amines) is 1. The number of carbonyl (C=O) groups is 2. The Morgan fingerprint density at radius 1 is 1.26 bits per heavy atom. The van der Waals surface area contributed by atoms with Crippen LogP contribution in [0.4, 0.5) is 5.13 Å². The predicted molar refractivity (Wildman–Crippen MR) is 90.3 cm³/mol. The summed E-state index contributed by atoms with van der Waals surface area (Å²) in [6, 6.07) is 0. The number of carbonyl (C=O) groups excluding carboxylic acids is 2. The molecule has 2 aliphatic rings. The van der Waals surface area contributed by atoms with Gasteiger partial charge in [0.25, 0.3) is 0 Å². The van der Waals surface area contributed by atoms with Crippen LogP contribution in [-0.2, 0) is 16.1 Å². The molecule has 0 atom stereocenters. The van der Waals surface area contributed by atoms with E-state index in [1.165, 1.54) is 0 Å². The fourth-order valence-corrected chi connectivity index (χ4v) is 3.61. The van der Waals surface area contributed by atoms with Crippen LogP contribution in [0.15, 0.2) is 5.38 Å². The van der Waals surface area contributed by atoms with Gasteiger partial charge < -0.3 is 15.1 Å². The molecule has 6 nitrogen and oxygen atoms in total. The first-order valence-corrected chi connectivity index (χ1v) is 9.11. The summed E-state index contributed by atoms with van der Waals surface area (Å²) in [5, 5.41) is 5.91. The van der Waals surface area contributed by atoms with Crippen molar-refractivity contribution < 1.29 is 9.59 Å². The molecular formula is C16H24N4O2S. The Balaban J connectivity index is 1.43. The Morgan fingerprint density at radius 3 is 2.52 bits per heavy atom. The van der Waals surface area contributed by atoms with Gasteiger partial charge in [0.1, 0.15) is 0 Å². The van der Waals surface area contributed by atoms with E-state index in [0.29, 0.717) is 12.5 Å². The van der Waals surface area contributed by atoms with Crippen LogP contribution in [0.5, 0.6) is 0 Å². The van der Waals surface area contributed by atoms with E-state index in [0.717, 1.165) is 49.6 Å². The van der Waals surface area contributed by atoms with Crippen molar-refractivity contribution in [3.8, 4) is 0 Å². The second kappa shape index (κ2) is 6.86. The summed E-state index contributed by atoms with van der Waals surface area (Å²) in [6.07, 6.45) is 3.62. The van der Waals surface area contributed by atoms with Crippen molar-refractivity contribution in [2.45, 2.75) is 32.2 Å². The number of nitrogens with one attached hydrogen (secondary N) is 1. The fourth-order valence-electron chi connectivity index (χ4n) is 2.86. The zero-order valence-corrected chi connectivity index (χ0v) is 14.6. The van der Waals surface area contributed by atoms with E-state index < -0.39 is 0 Å². The van der Waals surface area contributed by atoms with Crippen LogP contribution >= 0.6 is 11.3 Å². The molecule has 0 aromatic carbocycles. The van der Waals surface area contributed by atoms with Crippen molar-refractivity contribution in [3.63, 3.8) is 0 Å². The predicted octanol–water partition coefficient (Wildman–Crippen LogP) is 1.47. The molecule has 0 radical (unpaired) electrons. The van der Waals surface area contributed by atoms with E-state index in [2.05, 4.69) is 10.3 Å². The number of anilines is 1. The molecule has 0 bridgehead atoms. The first-order chi connectivity index (χ1) is 11.0. The van der Waals surface area contributed by atoms with Crippen molar-refractivity contribution in [1.82, 2.24) is 15.2 Å². The van der Waals surface area contributed by atoms with Gasteiger partial charge in [-0.2, -0.15) is 0 Å². The van der Waals surface area contributed by atoms with Crippen molar-refractivity contribution in [2.24, 2.45) is 11.8 Å². The molecule has 2 heterocycles. The molecule has 0 unspecified atom stereocenters. The molecule has 1 aliphatic carbocycles. The Hall–Kier alpha value is -1.63. The van der Waals surface area contributed by atoms with Gasteiger partial charge in [-0.15, -0.1) is 11.3 Å². The molecule has 1 saturated heterocycles. The van der Waals surface area contributed by atoms with Crippen LogP contribution in [0.25, 0.3) is 0 Å². The topological polar surface area (TPSA) is 65.5 Å². The summed E-state index contributed by atoms with van der Waals surface area (Å²) >= 11 is 1.58. The summed E-state index contributed by atoms with van der Waals surface area (Å²) in [5.74, 6) is 0.673. The minimum absolute atomic E-state index is 0.0187. The molecule has 23 heavy (non-hydrogen) atoms. The second-order valence-corrected chi connectivity index (χ2v) is 7.44. The molecule has 1 aliphatic heterocycles. The summed E-state index contributed by atoms with van der Waals surface area (Å²) in [7, 11) is 3.91. The Morgan fingerprint density at radius 2 is 1.96 bits per heavy atom. The van der Waals surface area contributed by atoms with Crippen LogP contribution in [0.1, 0.15) is 31.4 Å². The monoisotopic (exact) mass is 336 g/mol. The lowest BCUT2D eigenvalue weighted by atomic mass is 9.95. The van der Waals surface area contributed by atoms with Crippen LogP contribution in [0, 0.1) is 11.8 Å². The SMILES string of the molecule is CN(C)c1nc(CNC(=O)C2CCN(C(=O)C3CC3)CC2)cs1. The van der Waals surface area contributed by atoms with Crippen LogP contribution in [0.2, 0.25) is 0 Å². The highest BCUT2D eigenvalue weighted by molar-refractivity contribution is 7.13. The minimum Gasteiger partial charge on any atom is -0.354 e. The van der Waals surface area contributed by atoms with Gasteiger partial charge in [-0.3, -0.25) is 9.59 Å². The van der Waals surface area contributed by atoms with Gasteiger partial charge in [0.2, 0.25) is 11.8 Å². The van der Waals surface area contributed by atoms with Gasteiger partial charge in [-0.1, -0.05) is 0 Å². The van der Waals surface area contributed by atoms with E-state index >= 15 is 0 Å². The summed E-state index contributed by atoms with van der Waals surface area (Å²) < 4.78 is 0. The molecule has 3 rings (SSSR count). The Bertz CT molecular complexity index is 574. The number of amides is 2. The number of nitrogens with zero attached hydrogens (tertiary/aromatic N) is 3. The second-order valence-electron chi connectivity index (χ2n) is 6.61. The summed E-state index contributed by atoms with van der Waals surface area (Å²) in [5.41, 5.74) is 0.897. The average molecular weight is 336 g/mol. The third-order valence-electron chi connectivity index (χ3n) is 4.47. The van der Waals surface area contributed by atoms with Crippen molar-refractivity contribution in [2.75, 3.05) is 32.1 Å². The Labute approximate surface area is 140 Å². The third-order valence-corrected chi connectivity index (χ3v) is 5.53. The van der Waals surface area contributed by atoms with E-state index in [4.69, 9.17) is 0 Å². The largest absolute Gasteiger partial charge is 0.354 e. The number of thiazole rings is 1. The lowest BCUT2D eigenvalue weighted by molar-refractivity contribution is -0.136. The number of rotatable bonds is 5. The van der Waals surface area contributed by atoms with Gasteiger partial charge in [0.05, 0.1) is 12.2 Å². The first-order valence-electron chi connectivity index (χ1n) is 8.23. The molecule has 0 spiro atoms. The third kappa shape index (κ3) is 4.02. The molecule has 2 fully saturated rings. The highest BCUT2D eigenvalue weighted by Crippen LogP contribution is 2.32. The van der Waals surface area contributed by atoms with E-state index in [1.54, 1.807) is 11.3 Å². The van der Waals surface area contributed by atoms with E-state index in [9.17, 15) is 9.59 Å². The normalized spacial score (nSPS) is 18.8. The molecule has 2 amide bonds. The Kier molecular flexibility index (Phi) is 4.84. The maximum Gasteiger partial charge on any atom is 0.225 e. The number of hydrogen-bond donors (Lipinski definition) is 1. The molecular weight excluding hydrogens is 312 g/mol. The van der Waals surface area contributed by atoms with E-state index in [1.807, 2.05) is 29.3 Å². The van der Waals surface area contributed by atoms with Gasteiger partial charge in [0.15, 0.2) is 5.13 Å². The summed E-state index contributed by atoms with van der Waals surface area (Å²) in [4.78, 5) is 32.7. The molecule has 1 N–H and O–H groups in total. The quantitative estimate of drug-likeness (QED) is 0.884. The van der Waals surface area contributed by atoms with Gasteiger partial charge in [-0.05, 0) is 25.7 Å². The zero-order valence-electron chi connectivity index (χ0n) is 13.7. The molecule has 7 heteroatoms. The lowest BCUT2D eigenvalue weighted by Crippen LogP contribution is -2.43. The van der Waals surface area contributed by atoms with Crippen molar-refractivity contribution in [1.29, 1.82) is 0 Å². The molecule has 1 saturated carbocycles. The molecule has 126 valence electrons. The number of aromatic nitrogens is 1. The fraction of sp³-hybridized carbons (Fsp3) is 0.688. The van der Waals surface area contributed by atoms with Gasteiger partial charge in [-0.25, -0.2) is 4.98 Å².